The molecule has 0 atom stereocenters. The Kier molecular flexibility index (Phi) is 4.55. The average Bonchev–Trinajstić information content (AvgIpc) is 3.08. The number of carbonyl (C=O) groups excluding carboxylic acids is 1. The predicted molar refractivity (Wildman–Crippen MR) is 119 cm³/mol. The Morgan fingerprint density at radius 2 is 2.13 bits per heavy atom. The quantitative estimate of drug-likeness (QED) is 0.835. The molecule has 3 aliphatic heterocycles. The molecule has 0 saturated carbocycles. The van der Waals surface area contributed by atoms with Gasteiger partial charge in [-0.1, -0.05) is 30.4 Å². The molecule has 5 rings (SSSR count). The summed E-state index contributed by atoms with van der Waals surface area (Å²) in [4.78, 5) is 15.9. The van der Waals surface area contributed by atoms with Crippen LogP contribution in [-0.4, -0.2) is 79.5 Å². The normalized spacial score (nSPS) is 20.0. The molecular weight excluding hydrogens is 376 g/mol. The molecule has 1 N–H and O–H groups in total. The number of rotatable bonds is 3. The lowest BCUT2D eigenvalue weighted by Crippen LogP contribution is -2.39. The third kappa shape index (κ3) is 3.15. The number of carbonyl (C=O) groups is 1. The van der Waals surface area contributed by atoms with Crippen LogP contribution in [-0.2, 0) is 4.79 Å². The summed E-state index contributed by atoms with van der Waals surface area (Å²) in [6.45, 7) is 2.85. The van der Waals surface area contributed by atoms with Crippen molar-refractivity contribution in [3.63, 3.8) is 0 Å². The predicted octanol–water partition coefficient (Wildman–Crippen LogP) is 1.64. The summed E-state index contributed by atoms with van der Waals surface area (Å²) in [5, 5.41) is 11.6. The van der Waals surface area contributed by atoms with Crippen LogP contribution >= 0.6 is 0 Å². The Hall–Kier alpha value is -3.19. The van der Waals surface area contributed by atoms with Crippen LogP contribution in [0.1, 0.15) is 23.1 Å². The molecule has 1 aromatic rings. The van der Waals surface area contributed by atoms with Gasteiger partial charge in [-0.25, -0.2) is 0 Å². The Balaban J connectivity index is 1.49. The van der Waals surface area contributed by atoms with E-state index in [0.29, 0.717) is 6.54 Å². The topological polar surface area (TPSA) is 63.5 Å². The van der Waals surface area contributed by atoms with Gasteiger partial charge in [-0.05, 0) is 23.6 Å². The van der Waals surface area contributed by atoms with Crippen molar-refractivity contribution >= 4 is 23.4 Å². The molecular formula is C23H26N6O. The van der Waals surface area contributed by atoms with E-state index in [4.69, 9.17) is 10.2 Å². The van der Waals surface area contributed by atoms with Crippen LogP contribution in [0.3, 0.4) is 0 Å². The van der Waals surface area contributed by atoms with Crippen LogP contribution in [0, 0.1) is 0 Å². The monoisotopic (exact) mass is 402 g/mol. The summed E-state index contributed by atoms with van der Waals surface area (Å²) in [6.07, 6.45) is 7.33. The van der Waals surface area contributed by atoms with Crippen LogP contribution < -0.4 is 5.43 Å². The van der Waals surface area contributed by atoms with Crippen molar-refractivity contribution in [3.05, 3.63) is 63.9 Å². The highest BCUT2D eigenvalue weighted by Crippen LogP contribution is 2.33. The highest BCUT2D eigenvalue weighted by atomic mass is 16.2. The fraction of sp³-hybridized carbons (Fsp3) is 0.348. The molecule has 1 amide bonds. The first-order valence-electron chi connectivity index (χ1n) is 10.3. The number of benzene rings is 1. The van der Waals surface area contributed by atoms with Crippen LogP contribution in [0.4, 0.5) is 0 Å². The first kappa shape index (κ1) is 18.8. The Labute approximate surface area is 176 Å². The van der Waals surface area contributed by atoms with Gasteiger partial charge in [-0.3, -0.25) is 20.1 Å². The molecule has 30 heavy (non-hydrogen) atoms. The van der Waals surface area contributed by atoms with Gasteiger partial charge in [0.05, 0.1) is 24.5 Å². The second-order valence-electron chi connectivity index (χ2n) is 8.33. The smallest absolute Gasteiger partial charge is 0.236 e. The van der Waals surface area contributed by atoms with Crippen molar-refractivity contribution in [2.75, 3.05) is 47.3 Å². The number of hydrazone groups is 2. The van der Waals surface area contributed by atoms with Gasteiger partial charge in [0.1, 0.15) is 5.71 Å². The number of hydrogen-bond donors (Lipinski definition) is 1. The van der Waals surface area contributed by atoms with Gasteiger partial charge in [0, 0.05) is 50.9 Å². The molecule has 0 unspecified atom stereocenters. The first-order chi connectivity index (χ1) is 14.5. The van der Waals surface area contributed by atoms with Gasteiger partial charge in [-0.15, -0.1) is 0 Å². The number of likely N-dealkylation sites (N-methyl/N-ethyl adjacent to an activating group) is 2. The number of nitrogens with one attached hydrogen (secondary N) is 1. The maximum Gasteiger partial charge on any atom is 0.236 e. The Bertz CT molecular complexity index is 1080. The van der Waals surface area contributed by atoms with Crippen molar-refractivity contribution in [2.45, 2.75) is 6.42 Å². The van der Waals surface area contributed by atoms with E-state index < -0.39 is 0 Å². The standard InChI is InChI=1S/C23H26N6O/c1-27(2)20(30)14-29-11-9-15(10-12-29)18-13-28(3)26-23-17-6-4-5-16-7-8-19(21(16)17)24-25-22(18)23/h4-9,25H,10-14H2,1-3H3. The molecule has 7 heteroatoms. The Morgan fingerprint density at radius 3 is 2.90 bits per heavy atom. The highest BCUT2D eigenvalue weighted by molar-refractivity contribution is 6.27. The lowest BCUT2D eigenvalue weighted by molar-refractivity contribution is -0.129. The third-order valence-electron chi connectivity index (χ3n) is 6.05. The van der Waals surface area contributed by atoms with E-state index in [0.717, 1.165) is 54.3 Å². The van der Waals surface area contributed by atoms with Crippen molar-refractivity contribution in [1.82, 2.24) is 20.2 Å². The van der Waals surface area contributed by atoms with E-state index >= 15 is 0 Å². The number of allylic oxidation sites excluding steroid dienone is 2. The first-order valence-corrected chi connectivity index (χ1v) is 10.3. The van der Waals surface area contributed by atoms with Crippen LogP contribution in [0.15, 0.2) is 57.4 Å². The van der Waals surface area contributed by atoms with E-state index in [9.17, 15) is 4.79 Å². The summed E-state index contributed by atoms with van der Waals surface area (Å²) in [6, 6.07) is 6.34. The molecule has 1 aliphatic carbocycles. The molecule has 0 saturated heterocycles. The van der Waals surface area contributed by atoms with E-state index in [1.807, 2.05) is 12.1 Å². The van der Waals surface area contributed by atoms with Crippen LogP contribution in [0.25, 0.3) is 6.08 Å². The van der Waals surface area contributed by atoms with Gasteiger partial charge in [0.2, 0.25) is 5.91 Å². The molecule has 0 radical (unpaired) electrons. The van der Waals surface area contributed by atoms with Crippen LogP contribution in [0.5, 0.6) is 0 Å². The summed E-state index contributed by atoms with van der Waals surface area (Å²) >= 11 is 0. The summed E-state index contributed by atoms with van der Waals surface area (Å²) < 4.78 is 0. The largest absolute Gasteiger partial charge is 0.348 e. The zero-order chi connectivity index (χ0) is 20.8. The van der Waals surface area contributed by atoms with Crippen molar-refractivity contribution in [1.29, 1.82) is 0 Å². The summed E-state index contributed by atoms with van der Waals surface area (Å²) in [5.41, 5.74) is 12.3. The maximum absolute atomic E-state index is 12.0. The third-order valence-corrected chi connectivity index (χ3v) is 6.05. The summed E-state index contributed by atoms with van der Waals surface area (Å²) in [7, 11) is 5.63. The average molecular weight is 403 g/mol. The number of amides is 1. The lowest BCUT2D eigenvalue weighted by atomic mass is 9.90. The molecule has 0 spiro atoms. The number of nitrogens with zero attached hydrogens (tertiary/aromatic N) is 5. The molecule has 7 nitrogen and oxygen atoms in total. The SMILES string of the molecule is CN1CC(C2=CCN(CC(=O)N(C)C)CC2)=C2NN=C3C=Cc4cccc(c43)C2=N1. The van der Waals surface area contributed by atoms with Gasteiger partial charge < -0.3 is 4.90 Å². The second-order valence-corrected chi connectivity index (χ2v) is 8.33. The van der Waals surface area contributed by atoms with Crippen LogP contribution in [0.2, 0.25) is 0 Å². The zero-order valence-corrected chi connectivity index (χ0v) is 17.6. The molecule has 3 heterocycles. The van der Waals surface area contributed by atoms with Crippen molar-refractivity contribution < 1.29 is 4.79 Å². The highest BCUT2D eigenvalue weighted by Gasteiger charge is 2.31. The number of hydrogen-bond acceptors (Lipinski definition) is 6. The molecule has 0 bridgehead atoms. The Morgan fingerprint density at radius 1 is 1.27 bits per heavy atom. The minimum absolute atomic E-state index is 0.142. The van der Waals surface area contributed by atoms with E-state index in [1.54, 1.807) is 19.0 Å². The van der Waals surface area contributed by atoms with E-state index in [1.165, 1.54) is 16.7 Å². The van der Waals surface area contributed by atoms with Gasteiger partial charge >= 0.3 is 0 Å². The maximum atomic E-state index is 12.0. The summed E-state index contributed by atoms with van der Waals surface area (Å²) in [5.74, 6) is 0.142. The lowest BCUT2D eigenvalue weighted by Gasteiger charge is -2.32. The van der Waals surface area contributed by atoms with Crippen molar-refractivity contribution in [2.24, 2.45) is 10.2 Å². The fourth-order valence-corrected chi connectivity index (χ4v) is 4.39. The molecule has 4 aliphatic rings. The zero-order valence-electron chi connectivity index (χ0n) is 17.6. The molecule has 0 fully saturated rings. The molecule has 1 aromatic carbocycles. The molecule has 154 valence electrons. The minimum atomic E-state index is 0.142. The minimum Gasteiger partial charge on any atom is -0.348 e. The van der Waals surface area contributed by atoms with Gasteiger partial charge in [0.15, 0.2) is 0 Å². The fourth-order valence-electron chi connectivity index (χ4n) is 4.39. The second kappa shape index (κ2) is 7.25. The van der Waals surface area contributed by atoms with E-state index in [2.05, 4.69) is 46.8 Å². The van der Waals surface area contributed by atoms with Gasteiger partial charge in [0.25, 0.3) is 0 Å². The van der Waals surface area contributed by atoms with Crippen molar-refractivity contribution in [3.8, 4) is 0 Å². The van der Waals surface area contributed by atoms with Gasteiger partial charge in [-0.2, -0.15) is 10.2 Å². The van der Waals surface area contributed by atoms with E-state index in [-0.39, 0.29) is 5.91 Å². The molecule has 0 aromatic heterocycles. The number of fused-ring (bicyclic) bond motifs is 2.